The van der Waals surface area contributed by atoms with Crippen molar-refractivity contribution in [1.29, 1.82) is 0 Å². The first-order valence-electron chi connectivity index (χ1n) is 9.58. The van der Waals surface area contributed by atoms with Gasteiger partial charge in [0.1, 0.15) is 0 Å². The Hall–Kier alpha value is -1.39. The van der Waals surface area contributed by atoms with Crippen LogP contribution in [0, 0.1) is 0 Å². The summed E-state index contributed by atoms with van der Waals surface area (Å²) in [4.78, 5) is 4.83. The van der Waals surface area contributed by atoms with Crippen LogP contribution in [0.25, 0.3) is 11.1 Å². The number of halogens is 1. The Labute approximate surface area is 163 Å². The molecule has 0 spiro atoms. The van der Waals surface area contributed by atoms with E-state index in [9.17, 15) is 0 Å². The Kier molecular flexibility index (Phi) is 7.09. The first kappa shape index (κ1) is 19.4. The molecule has 0 saturated carbocycles. The van der Waals surface area contributed by atoms with E-state index in [2.05, 4.69) is 59.5 Å². The zero-order valence-corrected chi connectivity index (χ0v) is 16.7. The molecule has 1 saturated heterocycles. The molecule has 1 heterocycles. The monoisotopic (exact) mass is 371 g/mol. The molecule has 0 aromatic heterocycles. The van der Waals surface area contributed by atoms with Gasteiger partial charge in [-0.1, -0.05) is 41.9 Å². The van der Waals surface area contributed by atoms with Crippen molar-refractivity contribution in [3.05, 3.63) is 58.6 Å². The second-order valence-electron chi connectivity index (χ2n) is 7.38. The lowest BCUT2D eigenvalue weighted by Gasteiger charge is -2.29. The minimum Gasteiger partial charge on any atom is -0.314 e. The van der Waals surface area contributed by atoms with E-state index in [4.69, 9.17) is 11.6 Å². The maximum atomic E-state index is 6.10. The Bertz CT molecular complexity index is 691. The summed E-state index contributed by atoms with van der Waals surface area (Å²) in [5.74, 6) is 0. The Morgan fingerprint density at radius 3 is 2.46 bits per heavy atom. The third-order valence-electron chi connectivity index (χ3n) is 5.07. The van der Waals surface area contributed by atoms with Gasteiger partial charge < -0.3 is 10.2 Å². The smallest absolute Gasteiger partial charge is 0.0406 e. The van der Waals surface area contributed by atoms with Crippen LogP contribution in [0.4, 0.5) is 0 Å². The lowest BCUT2D eigenvalue weighted by Crippen LogP contribution is -2.43. The molecular formula is C22H30ClN3. The molecule has 0 unspecified atom stereocenters. The van der Waals surface area contributed by atoms with Crippen LogP contribution in [0.2, 0.25) is 5.02 Å². The van der Waals surface area contributed by atoms with Crippen molar-refractivity contribution in [3.63, 3.8) is 0 Å². The third kappa shape index (κ3) is 5.31. The van der Waals surface area contributed by atoms with Gasteiger partial charge in [-0.25, -0.2) is 0 Å². The maximum absolute atomic E-state index is 6.10. The van der Waals surface area contributed by atoms with Crippen molar-refractivity contribution in [2.75, 3.05) is 46.8 Å². The molecule has 0 atom stereocenters. The van der Waals surface area contributed by atoms with Crippen molar-refractivity contribution in [2.24, 2.45) is 0 Å². The van der Waals surface area contributed by atoms with Crippen LogP contribution >= 0.6 is 11.6 Å². The second kappa shape index (κ2) is 9.52. The van der Waals surface area contributed by atoms with Crippen molar-refractivity contribution >= 4 is 11.6 Å². The Morgan fingerprint density at radius 2 is 1.77 bits per heavy atom. The van der Waals surface area contributed by atoms with Crippen LogP contribution in [0.3, 0.4) is 0 Å². The molecule has 4 heteroatoms. The van der Waals surface area contributed by atoms with Crippen molar-refractivity contribution in [1.82, 2.24) is 15.1 Å². The standard InChI is InChI=1S/C22H30ClN3/c1-25(2)14-4-6-18-5-3-7-21(19-8-10-20(23)11-9-19)22(18)17-26-15-12-24-13-16-26/h3,5,7-11,24H,4,6,12-17H2,1-2H3. The van der Waals surface area contributed by atoms with Gasteiger partial charge in [-0.05, 0) is 67.9 Å². The quantitative estimate of drug-likeness (QED) is 0.796. The van der Waals surface area contributed by atoms with Gasteiger partial charge in [0, 0.05) is 37.7 Å². The summed E-state index contributed by atoms with van der Waals surface area (Å²) < 4.78 is 0. The van der Waals surface area contributed by atoms with Crippen LogP contribution in [0.15, 0.2) is 42.5 Å². The van der Waals surface area contributed by atoms with Gasteiger partial charge in [-0.2, -0.15) is 0 Å². The van der Waals surface area contributed by atoms with E-state index < -0.39 is 0 Å². The van der Waals surface area contributed by atoms with Crippen molar-refractivity contribution < 1.29 is 0 Å². The fraction of sp³-hybridized carbons (Fsp3) is 0.455. The first-order chi connectivity index (χ1) is 12.6. The van der Waals surface area contributed by atoms with Crippen LogP contribution in [-0.2, 0) is 13.0 Å². The van der Waals surface area contributed by atoms with Crippen LogP contribution < -0.4 is 5.32 Å². The number of benzene rings is 2. The zero-order chi connectivity index (χ0) is 18.4. The summed E-state index contributed by atoms with van der Waals surface area (Å²) >= 11 is 6.10. The molecule has 1 N–H and O–H groups in total. The minimum absolute atomic E-state index is 0.791. The van der Waals surface area contributed by atoms with Gasteiger partial charge in [0.25, 0.3) is 0 Å². The van der Waals surface area contributed by atoms with E-state index in [-0.39, 0.29) is 0 Å². The maximum Gasteiger partial charge on any atom is 0.0406 e. The molecule has 2 aromatic rings. The first-order valence-corrected chi connectivity index (χ1v) is 9.96. The molecule has 3 nitrogen and oxygen atoms in total. The van der Waals surface area contributed by atoms with Gasteiger partial charge in [-0.3, -0.25) is 4.90 Å². The Balaban J connectivity index is 1.89. The second-order valence-corrected chi connectivity index (χ2v) is 7.82. The fourth-order valence-corrected chi connectivity index (χ4v) is 3.76. The molecule has 26 heavy (non-hydrogen) atoms. The number of hydrogen-bond acceptors (Lipinski definition) is 3. The van der Waals surface area contributed by atoms with Crippen molar-refractivity contribution in [3.8, 4) is 11.1 Å². The molecule has 1 aliphatic rings. The highest BCUT2D eigenvalue weighted by atomic mass is 35.5. The molecule has 0 radical (unpaired) electrons. The van der Waals surface area contributed by atoms with Gasteiger partial charge in [0.15, 0.2) is 0 Å². The predicted molar refractivity (Wildman–Crippen MR) is 112 cm³/mol. The summed E-state index contributed by atoms with van der Waals surface area (Å²) in [6.07, 6.45) is 2.31. The summed E-state index contributed by atoms with van der Waals surface area (Å²) in [5, 5.41) is 4.24. The number of piperazine rings is 1. The number of aryl methyl sites for hydroxylation is 1. The highest BCUT2D eigenvalue weighted by Crippen LogP contribution is 2.29. The fourth-order valence-electron chi connectivity index (χ4n) is 3.63. The highest BCUT2D eigenvalue weighted by molar-refractivity contribution is 6.30. The van der Waals surface area contributed by atoms with Crippen LogP contribution in [0.5, 0.6) is 0 Å². The molecule has 0 amide bonds. The largest absolute Gasteiger partial charge is 0.314 e. The van der Waals surface area contributed by atoms with Gasteiger partial charge in [-0.15, -0.1) is 0 Å². The van der Waals surface area contributed by atoms with E-state index in [1.54, 1.807) is 0 Å². The van der Waals surface area contributed by atoms with Crippen LogP contribution in [0.1, 0.15) is 17.5 Å². The summed E-state index contributed by atoms with van der Waals surface area (Å²) in [6, 6.07) is 15.0. The summed E-state index contributed by atoms with van der Waals surface area (Å²) in [7, 11) is 4.29. The molecular weight excluding hydrogens is 342 g/mol. The highest BCUT2D eigenvalue weighted by Gasteiger charge is 2.16. The normalized spacial score (nSPS) is 15.5. The number of nitrogens with one attached hydrogen (secondary N) is 1. The number of rotatable bonds is 7. The minimum atomic E-state index is 0.791. The van der Waals surface area contributed by atoms with Gasteiger partial charge >= 0.3 is 0 Å². The molecule has 1 fully saturated rings. The predicted octanol–water partition coefficient (Wildman–Crippen LogP) is 3.91. The Morgan fingerprint density at radius 1 is 1.04 bits per heavy atom. The van der Waals surface area contributed by atoms with Crippen LogP contribution in [-0.4, -0.2) is 56.6 Å². The zero-order valence-electron chi connectivity index (χ0n) is 16.0. The lowest BCUT2D eigenvalue weighted by molar-refractivity contribution is 0.233. The van der Waals surface area contributed by atoms with E-state index >= 15 is 0 Å². The molecule has 0 aliphatic carbocycles. The van der Waals surface area contributed by atoms with Gasteiger partial charge in [0.2, 0.25) is 0 Å². The van der Waals surface area contributed by atoms with E-state index in [1.807, 2.05) is 12.1 Å². The van der Waals surface area contributed by atoms with E-state index in [0.717, 1.165) is 50.7 Å². The molecule has 2 aromatic carbocycles. The molecule has 1 aliphatic heterocycles. The third-order valence-corrected chi connectivity index (χ3v) is 5.32. The number of nitrogens with zero attached hydrogens (tertiary/aromatic N) is 2. The van der Waals surface area contributed by atoms with Gasteiger partial charge in [0.05, 0.1) is 0 Å². The SMILES string of the molecule is CN(C)CCCc1cccc(-c2ccc(Cl)cc2)c1CN1CCNCC1. The summed E-state index contributed by atoms with van der Waals surface area (Å²) in [5.41, 5.74) is 5.57. The average molecular weight is 372 g/mol. The molecule has 140 valence electrons. The van der Waals surface area contributed by atoms with E-state index in [1.165, 1.54) is 28.7 Å². The van der Waals surface area contributed by atoms with E-state index in [0.29, 0.717) is 0 Å². The van der Waals surface area contributed by atoms with Crippen molar-refractivity contribution in [2.45, 2.75) is 19.4 Å². The lowest BCUT2D eigenvalue weighted by atomic mass is 9.92. The average Bonchev–Trinajstić information content (AvgIpc) is 2.64. The molecule has 0 bridgehead atoms. The topological polar surface area (TPSA) is 18.5 Å². The molecule has 3 rings (SSSR count). The summed E-state index contributed by atoms with van der Waals surface area (Å²) in [6.45, 7) is 6.55. The number of hydrogen-bond donors (Lipinski definition) is 1.